The molecular weight excluding hydrogens is 134 g/mol. The summed E-state index contributed by atoms with van der Waals surface area (Å²) in [4.78, 5) is 0. The van der Waals surface area contributed by atoms with E-state index in [2.05, 4.69) is 19.8 Å². The van der Waals surface area contributed by atoms with Gasteiger partial charge in [-0.2, -0.15) is 0 Å². The fraction of sp³-hybridized carbons (Fsp3) is 0.714. The summed E-state index contributed by atoms with van der Waals surface area (Å²) in [6.45, 7) is 4.77. The van der Waals surface area contributed by atoms with E-state index in [1.54, 1.807) is 0 Å². The quantitative estimate of drug-likeness (QED) is 0.585. The van der Waals surface area contributed by atoms with E-state index < -0.39 is 0 Å². The van der Waals surface area contributed by atoms with Crippen molar-refractivity contribution < 1.29 is 0 Å². The van der Waals surface area contributed by atoms with Gasteiger partial charge in [-0.15, -0.1) is 24.8 Å². The van der Waals surface area contributed by atoms with Crippen LogP contribution in [-0.2, 0) is 0 Å². The first-order chi connectivity index (χ1) is 3.72. The van der Waals surface area contributed by atoms with Gasteiger partial charge in [-0.1, -0.05) is 13.8 Å². The molecule has 54 valence electrons. The predicted octanol–water partition coefficient (Wildman–Crippen LogP) is 1.27. The van der Waals surface area contributed by atoms with Crippen LogP contribution in [-0.4, -0.2) is 6.54 Å². The highest BCUT2D eigenvalue weighted by molar-refractivity contribution is 5.85. The predicted molar refractivity (Wildman–Crippen MR) is 43.5 cm³/mol. The molecule has 0 aliphatic carbocycles. The van der Waals surface area contributed by atoms with Gasteiger partial charge in [0.1, 0.15) is 0 Å². The molecule has 0 heterocycles. The van der Waals surface area contributed by atoms with Crippen LogP contribution in [0, 0.1) is 24.2 Å². The molecule has 0 aromatic rings. The van der Waals surface area contributed by atoms with Crippen molar-refractivity contribution in [1.29, 1.82) is 0 Å². The highest BCUT2D eigenvalue weighted by atomic mass is 35.5. The second kappa shape index (κ2) is 5.94. The van der Waals surface area contributed by atoms with Crippen LogP contribution >= 0.6 is 12.4 Å². The number of nitrogens with two attached hydrogens (primary N) is 1. The summed E-state index contributed by atoms with van der Waals surface area (Å²) in [6.07, 6.45) is 5.15. The Kier molecular flexibility index (Phi) is 7.65. The topological polar surface area (TPSA) is 26.0 Å². The third kappa shape index (κ3) is 4.32. The van der Waals surface area contributed by atoms with E-state index in [0.29, 0.717) is 12.5 Å². The molecule has 9 heavy (non-hydrogen) atoms. The van der Waals surface area contributed by atoms with Gasteiger partial charge in [0.15, 0.2) is 0 Å². The zero-order chi connectivity index (χ0) is 6.57. The van der Waals surface area contributed by atoms with Crippen molar-refractivity contribution in [2.45, 2.75) is 13.8 Å². The van der Waals surface area contributed by atoms with Crippen LogP contribution in [0.5, 0.6) is 0 Å². The molecule has 0 aromatic carbocycles. The van der Waals surface area contributed by atoms with Crippen molar-refractivity contribution in [3.8, 4) is 12.3 Å². The van der Waals surface area contributed by atoms with Crippen molar-refractivity contribution in [3.63, 3.8) is 0 Å². The minimum absolute atomic E-state index is 0. The Morgan fingerprint density at radius 3 is 2.00 bits per heavy atom. The molecule has 0 saturated carbocycles. The number of rotatable bonds is 2. The summed E-state index contributed by atoms with van der Waals surface area (Å²) < 4.78 is 0. The summed E-state index contributed by atoms with van der Waals surface area (Å²) in [6, 6.07) is 0. The number of hydrogen-bond acceptors (Lipinski definition) is 1. The number of terminal acetylenes is 1. The lowest BCUT2D eigenvalue weighted by Crippen LogP contribution is -2.17. The summed E-state index contributed by atoms with van der Waals surface area (Å²) in [5.41, 5.74) is 5.34. The van der Waals surface area contributed by atoms with Gasteiger partial charge in [-0.25, -0.2) is 0 Å². The first-order valence-electron chi connectivity index (χ1n) is 2.88. The Bertz CT molecular complexity index is 93.6. The molecule has 0 saturated heterocycles. The molecular formula is C7H14ClN. The van der Waals surface area contributed by atoms with Crippen molar-refractivity contribution in [2.75, 3.05) is 6.54 Å². The summed E-state index contributed by atoms with van der Waals surface area (Å²) >= 11 is 0. The first-order valence-corrected chi connectivity index (χ1v) is 2.88. The summed E-state index contributed by atoms with van der Waals surface area (Å²) in [7, 11) is 0. The van der Waals surface area contributed by atoms with Crippen LogP contribution in [0.3, 0.4) is 0 Å². The van der Waals surface area contributed by atoms with Gasteiger partial charge in [-0.3, -0.25) is 0 Å². The Balaban J connectivity index is 0. The molecule has 1 atom stereocenters. The molecule has 0 aliphatic heterocycles. The van der Waals surface area contributed by atoms with Crippen LogP contribution < -0.4 is 5.73 Å². The fourth-order valence-electron chi connectivity index (χ4n) is 0.533. The second-order valence-electron chi connectivity index (χ2n) is 2.25. The SMILES string of the molecule is C#CC(CN)C(C)C.Cl. The molecule has 0 spiro atoms. The first kappa shape index (κ1) is 11.6. The van der Waals surface area contributed by atoms with Crippen molar-refractivity contribution in [3.05, 3.63) is 0 Å². The van der Waals surface area contributed by atoms with Gasteiger partial charge in [0.25, 0.3) is 0 Å². The third-order valence-electron chi connectivity index (χ3n) is 1.27. The maximum Gasteiger partial charge on any atom is 0.0345 e. The lowest BCUT2D eigenvalue weighted by molar-refractivity contribution is 0.490. The Morgan fingerprint density at radius 2 is 2.00 bits per heavy atom. The second-order valence-corrected chi connectivity index (χ2v) is 2.25. The smallest absolute Gasteiger partial charge is 0.0345 e. The van der Waals surface area contributed by atoms with Crippen LogP contribution in [0.1, 0.15) is 13.8 Å². The van der Waals surface area contributed by atoms with Crippen molar-refractivity contribution >= 4 is 12.4 Å². The van der Waals surface area contributed by atoms with Gasteiger partial charge in [0.05, 0.1) is 0 Å². The summed E-state index contributed by atoms with van der Waals surface area (Å²) in [5, 5.41) is 0. The van der Waals surface area contributed by atoms with E-state index in [1.807, 2.05) is 0 Å². The molecule has 0 bridgehead atoms. The van der Waals surface area contributed by atoms with E-state index in [1.165, 1.54) is 0 Å². The molecule has 2 heteroatoms. The van der Waals surface area contributed by atoms with Gasteiger partial charge in [0, 0.05) is 12.5 Å². The molecule has 0 radical (unpaired) electrons. The molecule has 1 unspecified atom stereocenters. The number of halogens is 1. The highest BCUT2D eigenvalue weighted by Crippen LogP contribution is 2.05. The van der Waals surface area contributed by atoms with Crippen molar-refractivity contribution in [1.82, 2.24) is 0 Å². The molecule has 0 aromatic heterocycles. The van der Waals surface area contributed by atoms with Crippen LogP contribution in [0.15, 0.2) is 0 Å². The standard InChI is InChI=1S/C7H13N.ClH/c1-4-7(5-8)6(2)3;/h1,6-7H,5,8H2,2-3H3;1H. The van der Waals surface area contributed by atoms with E-state index in [-0.39, 0.29) is 18.3 Å². The lowest BCUT2D eigenvalue weighted by Gasteiger charge is -2.09. The Morgan fingerprint density at radius 1 is 1.56 bits per heavy atom. The van der Waals surface area contributed by atoms with E-state index in [4.69, 9.17) is 12.2 Å². The lowest BCUT2D eigenvalue weighted by atomic mass is 9.97. The molecule has 0 amide bonds. The molecule has 0 rings (SSSR count). The van der Waals surface area contributed by atoms with Gasteiger partial charge in [0.2, 0.25) is 0 Å². The highest BCUT2D eigenvalue weighted by Gasteiger charge is 2.05. The zero-order valence-corrected chi connectivity index (χ0v) is 6.74. The van der Waals surface area contributed by atoms with Crippen molar-refractivity contribution in [2.24, 2.45) is 17.6 Å². The third-order valence-corrected chi connectivity index (χ3v) is 1.27. The monoisotopic (exact) mass is 147 g/mol. The zero-order valence-electron chi connectivity index (χ0n) is 5.92. The maximum absolute atomic E-state index is 5.34. The molecule has 1 nitrogen and oxygen atoms in total. The minimum Gasteiger partial charge on any atom is -0.329 e. The van der Waals surface area contributed by atoms with E-state index >= 15 is 0 Å². The van der Waals surface area contributed by atoms with E-state index in [0.717, 1.165) is 0 Å². The average Bonchev–Trinajstić information content (AvgIpc) is 1.69. The van der Waals surface area contributed by atoms with Gasteiger partial charge >= 0.3 is 0 Å². The Hall–Kier alpha value is -0.190. The largest absolute Gasteiger partial charge is 0.329 e. The van der Waals surface area contributed by atoms with Gasteiger partial charge in [-0.05, 0) is 5.92 Å². The minimum atomic E-state index is 0. The fourth-order valence-corrected chi connectivity index (χ4v) is 0.533. The van der Waals surface area contributed by atoms with Crippen LogP contribution in [0.2, 0.25) is 0 Å². The Labute approximate surface area is 63.4 Å². The molecule has 0 fully saturated rings. The average molecular weight is 148 g/mol. The van der Waals surface area contributed by atoms with E-state index in [9.17, 15) is 0 Å². The van der Waals surface area contributed by atoms with Crippen LogP contribution in [0.25, 0.3) is 0 Å². The van der Waals surface area contributed by atoms with Gasteiger partial charge < -0.3 is 5.73 Å². The maximum atomic E-state index is 5.34. The summed E-state index contributed by atoms with van der Waals surface area (Å²) in [5.74, 6) is 3.40. The van der Waals surface area contributed by atoms with Crippen LogP contribution in [0.4, 0.5) is 0 Å². The molecule has 2 N–H and O–H groups in total. The normalized spacial score (nSPS) is 11.9. The number of hydrogen-bond donors (Lipinski definition) is 1. The molecule has 0 aliphatic rings.